The number of rotatable bonds is 3. The van der Waals surface area contributed by atoms with Gasteiger partial charge < -0.3 is 29.0 Å². The minimum absolute atomic E-state index is 0.0748. The van der Waals surface area contributed by atoms with Gasteiger partial charge in [-0.3, -0.25) is 14.4 Å². The zero-order valence-corrected chi connectivity index (χ0v) is 16.1. The van der Waals surface area contributed by atoms with Gasteiger partial charge in [-0.25, -0.2) is 0 Å². The quantitative estimate of drug-likeness (QED) is 0.677. The Morgan fingerprint density at radius 2 is 2.10 bits per heavy atom. The number of fused-ring (bicyclic) bond motifs is 3. The first-order chi connectivity index (χ1) is 14.4. The molecule has 154 valence electrons. The number of ether oxygens (including phenoxy) is 1. The third-order valence-corrected chi connectivity index (χ3v) is 5.51. The standard InChI is InChI=1S/C21H19N3O6/c1-11-10-29-16-9-23-8-14(18(25)19(26)17(23)21(28)24(11)16)20(27)22-7-13-6-12-4-2-3-5-15(12)30-13/h2-6,8,11,16,26H,7,9-10H2,1H3,(H,22,27)/t11-,16?/m0/s1. The van der Waals surface area contributed by atoms with E-state index in [1.165, 1.54) is 15.7 Å². The van der Waals surface area contributed by atoms with E-state index in [1.807, 2.05) is 31.2 Å². The molecule has 0 radical (unpaired) electrons. The number of nitrogens with zero attached hydrogens (tertiary/aromatic N) is 2. The average molecular weight is 409 g/mol. The number of benzene rings is 1. The van der Waals surface area contributed by atoms with Crippen LogP contribution in [0.4, 0.5) is 0 Å². The molecule has 0 aliphatic carbocycles. The summed E-state index contributed by atoms with van der Waals surface area (Å²) in [5, 5.41) is 13.9. The zero-order valence-electron chi connectivity index (χ0n) is 16.1. The van der Waals surface area contributed by atoms with Crippen LogP contribution in [0.15, 0.2) is 45.7 Å². The van der Waals surface area contributed by atoms with Gasteiger partial charge in [0.05, 0.1) is 25.7 Å². The predicted molar refractivity (Wildman–Crippen MR) is 105 cm³/mol. The SMILES string of the molecule is C[C@H]1COC2Cn3cc(C(=O)NCc4cc5ccccc5o4)c(=O)c(O)c3C(=O)N21. The fourth-order valence-corrected chi connectivity index (χ4v) is 4.02. The maximum absolute atomic E-state index is 12.8. The van der Waals surface area contributed by atoms with Crippen molar-refractivity contribution in [2.45, 2.75) is 32.3 Å². The van der Waals surface area contributed by atoms with E-state index >= 15 is 0 Å². The highest BCUT2D eigenvalue weighted by Crippen LogP contribution is 2.29. The number of aromatic nitrogens is 1. The molecule has 3 aromatic rings. The van der Waals surface area contributed by atoms with Crippen molar-refractivity contribution >= 4 is 22.8 Å². The summed E-state index contributed by atoms with van der Waals surface area (Å²) in [7, 11) is 0. The molecule has 1 saturated heterocycles. The maximum Gasteiger partial charge on any atom is 0.276 e. The summed E-state index contributed by atoms with van der Waals surface area (Å²) in [5.74, 6) is -1.35. The molecule has 4 heterocycles. The van der Waals surface area contributed by atoms with Crippen molar-refractivity contribution < 1.29 is 23.8 Å². The summed E-state index contributed by atoms with van der Waals surface area (Å²) < 4.78 is 12.7. The lowest BCUT2D eigenvalue weighted by Gasteiger charge is -2.33. The number of hydrogen-bond donors (Lipinski definition) is 2. The summed E-state index contributed by atoms with van der Waals surface area (Å²) in [4.78, 5) is 39.5. The first kappa shape index (κ1) is 18.4. The first-order valence-electron chi connectivity index (χ1n) is 9.60. The van der Waals surface area contributed by atoms with Crippen LogP contribution in [0.1, 0.15) is 33.5 Å². The second kappa shape index (κ2) is 6.74. The molecule has 9 heteroatoms. The summed E-state index contributed by atoms with van der Waals surface area (Å²) in [6, 6.07) is 9.10. The van der Waals surface area contributed by atoms with E-state index in [0.29, 0.717) is 18.0 Å². The molecule has 0 bridgehead atoms. The lowest BCUT2D eigenvalue weighted by molar-refractivity contribution is 0.00624. The Morgan fingerprint density at radius 1 is 1.30 bits per heavy atom. The van der Waals surface area contributed by atoms with E-state index in [1.54, 1.807) is 6.07 Å². The van der Waals surface area contributed by atoms with Gasteiger partial charge in [0.15, 0.2) is 17.7 Å². The van der Waals surface area contributed by atoms with E-state index in [9.17, 15) is 19.5 Å². The van der Waals surface area contributed by atoms with Crippen molar-refractivity contribution in [1.29, 1.82) is 0 Å². The molecular formula is C21H19N3O6. The molecule has 30 heavy (non-hydrogen) atoms. The number of furan rings is 1. The van der Waals surface area contributed by atoms with Crippen molar-refractivity contribution in [1.82, 2.24) is 14.8 Å². The normalized spacial score (nSPS) is 20.3. The Kier molecular flexibility index (Phi) is 4.14. The molecule has 1 unspecified atom stereocenters. The Morgan fingerprint density at radius 3 is 2.90 bits per heavy atom. The lowest BCUT2D eigenvalue weighted by Crippen LogP contribution is -2.49. The van der Waals surface area contributed by atoms with Crippen molar-refractivity contribution in [3.63, 3.8) is 0 Å². The summed E-state index contributed by atoms with van der Waals surface area (Å²) in [5.41, 5.74) is -0.563. The van der Waals surface area contributed by atoms with Gasteiger partial charge in [0.2, 0.25) is 5.43 Å². The molecule has 5 rings (SSSR count). The molecular weight excluding hydrogens is 390 g/mol. The number of hydrogen-bond acceptors (Lipinski definition) is 6. The Labute approximate surface area is 170 Å². The Bertz CT molecular complexity index is 1210. The van der Waals surface area contributed by atoms with Crippen LogP contribution < -0.4 is 10.7 Å². The highest BCUT2D eigenvalue weighted by molar-refractivity contribution is 5.99. The van der Waals surface area contributed by atoms with Gasteiger partial charge in [0.1, 0.15) is 16.9 Å². The lowest BCUT2D eigenvalue weighted by atomic mass is 10.1. The fourth-order valence-electron chi connectivity index (χ4n) is 4.02. The van der Waals surface area contributed by atoms with E-state index in [-0.39, 0.29) is 30.4 Å². The van der Waals surface area contributed by atoms with E-state index in [2.05, 4.69) is 5.32 Å². The number of carbonyl (C=O) groups excluding carboxylic acids is 2. The molecule has 2 aliphatic heterocycles. The van der Waals surface area contributed by atoms with E-state index in [0.717, 1.165) is 5.39 Å². The third kappa shape index (κ3) is 2.78. The average Bonchev–Trinajstić information content (AvgIpc) is 3.32. The van der Waals surface area contributed by atoms with Gasteiger partial charge in [-0.05, 0) is 19.1 Å². The smallest absolute Gasteiger partial charge is 0.276 e. The van der Waals surface area contributed by atoms with Gasteiger partial charge in [-0.2, -0.15) is 0 Å². The molecule has 2 aromatic heterocycles. The molecule has 1 fully saturated rings. The van der Waals surface area contributed by atoms with Crippen molar-refractivity contribution in [2.75, 3.05) is 6.61 Å². The van der Waals surface area contributed by atoms with Gasteiger partial charge in [0.25, 0.3) is 11.8 Å². The van der Waals surface area contributed by atoms with E-state index in [4.69, 9.17) is 9.15 Å². The van der Waals surface area contributed by atoms with Crippen molar-refractivity contribution in [3.8, 4) is 5.75 Å². The molecule has 1 aromatic carbocycles. The molecule has 0 spiro atoms. The van der Waals surface area contributed by atoms with Crippen LogP contribution >= 0.6 is 0 Å². The monoisotopic (exact) mass is 409 g/mol. The summed E-state index contributed by atoms with van der Waals surface area (Å²) >= 11 is 0. The van der Waals surface area contributed by atoms with Crippen molar-refractivity contribution in [3.05, 3.63) is 63.8 Å². The maximum atomic E-state index is 12.8. The van der Waals surface area contributed by atoms with Crippen LogP contribution in [0.25, 0.3) is 11.0 Å². The number of para-hydroxylation sites is 1. The second-order valence-electron chi connectivity index (χ2n) is 7.50. The highest BCUT2D eigenvalue weighted by atomic mass is 16.5. The summed E-state index contributed by atoms with van der Waals surface area (Å²) in [6.45, 7) is 2.51. The van der Waals surface area contributed by atoms with Crippen LogP contribution in [-0.2, 0) is 17.8 Å². The van der Waals surface area contributed by atoms with Crippen LogP contribution in [0.5, 0.6) is 5.75 Å². The zero-order chi connectivity index (χ0) is 21.0. The van der Waals surface area contributed by atoms with Gasteiger partial charge >= 0.3 is 0 Å². The van der Waals surface area contributed by atoms with Gasteiger partial charge in [-0.1, -0.05) is 18.2 Å². The molecule has 0 saturated carbocycles. The molecule has 2 N–H and O–H groups in total. The van der Waals surface area contributed by atoms with Crippen molar-refractivity contribution in [2.24, 2.45) is 0 Å². The summed E-state index contributed by atoms with van der Waals surface area (Å²) in [6.07, 6.45) is 0.806. The molecule has 2 amide bonds. The highest BCUT2D eigenvalue weighted by Gasteiger charge is 2.42. The molecule has 9 nitrogen and oxygen atoms in total. The Balaban J connectivity index is 1.42. The van der Waals surface area contributed by atoms with Crippen LogP contribution in [0, 0.1) is 0 Å². The fraction of sp³-hybridized carbons (Fsp3) is 0.286. The van der Waals surface area contributed by atoms with Crippen LogP contribution in [0.2, 0.25) is 0 Å². The number of amides is 2. The minimum Gasteiger partial charge on any atom is -0.503 e. The third-order valence-electron chi connectivity index (χ3n) is 5.51. The van der Waals surface area contributed by atoms with E-state index < -0.39 is 29.2 Å². The van der Waals surface area contributed by atoms with Crippen LogP contribution in [-0.4, -0.2) is 45.3 Å². The second-order valence-corrected chi connectivity index (χ2v) is 7.50. The number of nitrogens with one attached hydrogen (secondary N) is 1. The number of pyridine rings is 1. The number of carbonyl (C=O) groups is 2. The molecule has 2 aliphatic rings. The Hall–Kier alpha value is -3.59. The van der Waals surface area contributed by atoms with Gasteiger partial charge in [0, 0.05) is 11.6 Å². The van der Waals surface area contributed by atoms with Crippen LogP contribution in [0.3, 0.4) is 0 Å². The topological polar surface area (TPSA) is 114 Å². The molecule has 2 atom stereocenters. The number of aromatic hydroxyl groups is 1. The first-order valence-corrected chi connectivity index (χ1v) is 9.60. The minimum atomic E-state index is -0.886. The predicted octanol–water partition coefficient (Wildman–Crippen LogP) is 1.43. The largest absolute Gasteiger partial charge is 0.503 e. The van der Waals surface area contributed by atoms with Gasteiger partial charge in [-0.15, -0.1) is 0 Å².